The number of ether oxygens (including phenoxy) is 1. The van der Waals surface area contributed by atoms with E-state index in [9.17, 15) is 18.0 Å². The smallest absolute Gasteiger partial charge is 0.339 e. The summed E-state index contributed by atoms with van der Waals surface area (Å²) in [6, 6.07) is 13.0. The molecule has 0 aliphatic heterocycles. The molecule has 0 spiro atoms. The van der Waals surface area contributed by atoms with Crippen LogP contribution in [0.15, 0.2) is 60.7 Å². The number of amides is 1. The first-order chi connectivity index (χ1) is 20.4. The van der Waals surface area contributed by atoms with Crippen LogP contribution in [0.3, 0.4) is 0 Å². The number of unbranched alkanes of at least 4 members (excludes halogenated alkanes) is 12. The van der Waals surface area contributed by atoms with E-state index in [1.54, 1.807) is 30.3 Å². The average molecular weight is 599 g/mol. The van der Waals surface area contributed by atoms with Crippen molar-refractivity contribution in [1.82, 2.24) is 5.32 Å². The lowest BCUT2D eigenvalue weighted by molar-refractivity contribution is 0.0601. The highest BCUT2D eigenvalue weighted by Crippen LogP contribution is 2.22. The van der Waals surface area contributed by atoms with Crippen LogP contribution in [-0.2, 0) is 20.5 Å². The van der Waals surface area contributed by atoms with Crippen LogP contribution in [0.4, 0.5) is 5.69 Å². The zero-order valence-electron chi connectivity index (χ0n) is 25.5. The maximum atomic E-state index is 12.8. The van der Waals surface area contributed by atoms with Gasteiger partial charge >= 0.3 is 5.97 Å². The van der Waals surface area contributed by atoms with Gasteiger partial charge in [0.1, 0.15) is 0 Å². The Labute approximate surface area is 253 Å². The molecule has 232 valence electrons. The van der Waals surface area contributed by atoms with Crippen LogP contribution in [0.1, 0.15) is 123 Å². The number of sulfonamides is 1. The van der Waals surface area contributed by atoms with Crippen LogP contribution in [0.5, 0.6) is 0 Å². The summed E-state index contributed by atoms with van der Waals surface area (Å²) >= 11 is 0. The minimum Gasteiger partial charge on any atom is -0.465 e. The van der Waals surface area contributed by atoms with Crippen molar-refractivity contribution in [3.8, 4) is 0 Å². The van der Waals surface area contributed by atoms with Gasteiger partial charge in [0.25, 0.3) is 5.91 Å². The van der Waals surface area contributed by atoms with Gasteiger partial charge in [0.15, 0.2) is 0 Å². The van der Waals surface area contributed by atoms with Gasteiger partial charge in [-0.2, -0.15) is 0 Å². The lowest BCUT2D eigenvalue weighted by atomic mass is 10.1. The number of nitrogens with one attached hydrogen (secondary N) is 2. The fourth-order valence-electron chi connectivity index (χ4n) is 4.73. The second-order valence-corrected chi connectivity index (χ2v) is 12.5. The summed E-state index contributed by atoms with van der Waals surface area (Å²) in [5.74, 6) is -1.27. The second kappa shape index (κ2) is 20.7. The minimum absolute atomic E-state index is 0.0164. The highest BCUT2D eigenvalue weighted by atomic mass is 32.2. The lowest BCUT2D eigenvalue weighted by Crippen LogP contribution is -2.25. The Kier molecular flexibility index (Phi) is 17.3. The molecule has 0 atom stereocenters. The van der Waals surface area contributed by atoms with E-state index in [1.165, 1.54) is 89.5 Å². The number of hydrogen-bond acceptors (Lipinski definition) is 5. The Bertz CT molecular complexity index is 1200. The van der Waals surface area contributed by atoms with Crippen molar-refractivity contribution in [3.05, 3.63) is 77.4 Å². The molecule has 0 heterocycles. The molecule has 8 heteroatoms. The van der Waals surface area contributed by atoms with Gasteiger partial charge in [0.05, 0.1) is 24.1 Å². The van der Waals surface area contributed by atoms with E-state index < -0.39 is 16.0 Å². The molecule has 7 nitrogen and oxygen atoms in total. The van der Waals surface area contributed by atoms with Crippen LogP contribution in [0.25, 0.3) is 0 Å². The number of rotatable bonds is 22. The van der Waals surface area contributed by atoms with Crippen molar-refractivity contribution in [2.24, 2.45) is 0 Å². The molecular weight excluding hydrogens is 548 g/mol. The molecular formula is C34H50N2O5S. The summed E-state index contributed by atoms with van der Waals surface area (Å²) in [6.07, 6.45) is 21.8. The SMILES string of the molecule is CCCCCCCC/C=C\CCCCCCCCNC(=O)c1ccc(C(=O)OC)c(NS(=O)(=O)Cc2ccccc2)c1. The molecule has 0 aliphatic rings. The Morgan fingerprint density at radius 1 is 0.786 bits per heavy atom. The molecule has 2 rings (SSSR count). The third kappa shape index (κ3) is 14.7. The van der Waals surface area contributed by atoms with Crippen molar-refractivity contribution >= 4 is 27.6 Å². The Balaban J connectivity index is 1.69. The summed E-state index contributed by atoms with van der Waals surface area (Å²) in [5, 5.41) is 2.90. The first kappa shape index (κ1) is 35.1. The third-order valence-electron chi connectivity index (χ3n) is 7.13. The van der Waals surface area contributed by atoms with E-state index in [1.807, 2.05) is 0 Å². The number of carbonyl (C=O) groups excluding carboxylic acids is 2. The highest BCUT2D eigenvalue weighted by Gasteiger charge is 2.20. The van der Waals surface area contributed by atoms with Crippen LogP contribution in [0, 0.1) is 0 Å². The van der Waals surface area contributed by atoms with E-state index in [0.29, 0.717) is 12.1 Å². The topological polar surface area (TPSA) is 102 Å². The van der Waals surface area contributed by atoms with Gasteiger partial charge in [-0.3, -0.25) is 9.52 Å². The standard InChI is InChI=1S/C34H50N2O5S/c1-3-4-5-6-7-8-9-10-11-12-13-14-15-16-17-21-26-35-33(37)30-24-25-31(34(38)41-2)32(27-30)36-42(39,40)28-29-22-19-18-20-23-29/h10-11,18-20,22-25,27,36H,3-9,12-17,21,26,28H2,1-2H3,(H,35,37)/b11-10-. The van der Waals surface area contributed by atoms with Gasteiger partial charge < -0.3 is 10.1 Å². The van der Waals surface area contributed by atoms with Gasteiger partial charge in [-0.05, 0) is 55.9 Å². The zero-order valence-corrected chi connectivity index (χ0v) is 26.4. The Morgan fingerprint density at radius 2 is 1.38 bits per heavy atom. The van der Waals surface area contributed by atoms with E-state index in [4.69, 9.17) is 4.74 Å². The number of allylic oxidation sites excluding steroid dienone is 2. The summed E-state index contributed by atoms with van der Waals surface area (Å²) in [7, 11) is -2.61. The maximum absolute atomic E-state index is 12.8. The van der Waals surface area contributed by atoms with E-state index in [-0.39, 0.29) is 28.5 Å². The van der Waals surface area contributed by atoms with E-state index in [0.717, 1.165) is 25.7 Å². The first-order valence-electron chi connectivity index (χ1n) is 15.6. The summed E-state index contributed by atoms with van der Waals surface area (Å²) in [5.41, 5.74) is 0.931. The molecule has 0 bridgehead atoms. The quantitative estimate of drug-likeness (QED) is 0.0808. The fraction of sp³-hybridized carbons (Fsp3) is 0.529. The van der Waals surface area contributed by atoms with Crippen LogP contribution < -0.4 is 10.0 Å². The molecule has 0 radical (unpaired) electrons. The molecule has 42 heavy (non-hydrogen) atoms. The maximum Gasteiger partial charge on any atom is 0.339 e. The molecule has 0 aliphatic carbocycles. The van der Waals surface area contributed by atoms with Gasteiger partial charge in [-0.1, -0.05) is 107 Å². The number of anilines is 1. The van der Waals surface area contributed by atoms with Crippen molar-refractivity contribution in [1.29, 1.82) is 0 Å². The molecule has 2 aromatic carbocycles. The molecule has 0 saturated heterocycles. The first-order valence-corrected chi connectivity index (χ1v) is 17.2. The van der Waals surface area contributed by atoms with Crippen molar-refractivity contribution < 1.29 is 22.7 Å². The molecule has 2 aromatic rings. The summed E-state index contributed by atoms with van der Waals surface area (Å²) in [4.78, 5) is 25.0. The van der Waals surface area contributed by atoms with Crippen LogP contribution >= 0.6 is 0 Å². The number of esters is 1. The van der Waals surface area contributed by atoms with Crippen molar-refractivity contribution in [2.45, 2.75) is 103 Å². The Morgan fingerprint density at radius 3 is 2.00 bits per heavy atom. The van der Waals surface area contributed by atoms with Gasteiger partial charge in [-0.15, -0.1) is 0 Å². The van der Waals surface area contributed by atoms with Gasteiger partial charge in [-0.25, -0.2) is 13.2 Å². The average Bonchev–Trinajstić information content (AvgIpc) is 2.98. The van der Waals surface area contributed by atoms with Crippen molar-refractivity contribution in [2.75, 3.05) is 18.4 Å². The number of benzene rings is 2. The molecule has 2 N–H and O–H groups in total. The molecule has 1 amide bonds. The number of methoxy groups -OCH3 is 1. The highest BCUT2D eigenvalue weighted by molar-refractivity contribution is 7.91. The third-order valence-corrected chi connectivity index (χ3v) is 8.37. The van der Waals surface area contributed by atoms with Gasteiger partial charge in [0.2, 0.25) is 10.0 Å². The summed E-state index contributed by atoms with van der Waals surface area (Å²) in [6.45, 7) is 2.79. The summed E-state index contributed by atoms with van der Waals surface area (Å²) < 4.78 is 32.8. The second-order valence-electron chi connectivity index (χ2n) is 10.8. The molecule has 0 saturated carbocycles. The normalized spacial score (nSPS) is 11.5. The largest absolute Gasteiger partial charge is 0.465 e. The number of hydrogen-bond donors (Lipinski definition) is 2. The van der Waals surface area contributed by atoms with Crippen LogP contribution in [0.2, 0.25) is 0 Å². The van der Waals surface area contributed by atoms with Gasteiger partial charge in [0, 0.05) is 12.1 Å². The zero-order chi connectivity index (χ0) is 30.5. The van der Waals surface area contributed by atoms with E-state index >= 15 is 0 Å². The minimum atomic E-state index is -3.83. The Hall–Kier alpha value is -3.13. The molecule has 0 unspecified atom stereocenters. The lowest BCUT2D eigenvalue weighted by Gasteiger charge is -2.13. The van der Waals surface area contributed by atoms with Crippen molar-refractivity contribution in [3.63, 3.8) is 0 Å². The fourth-order valence-corrected chi connectivity index (χ4v) is 5.94. The molecule has 0 fully saturated rings. The van der Waals surface area contributed by atoms with E-state index in [2.05, 4.69) is 29.1 Å². The monoisotopic (exact) mass is 598 g/mol. The number of carbonyl (C=O) groups is 2. The predicted molar refractivity (Wildman–Crippen MR) is 172 cm³/mol. The van der Waals surface area contributed by atoms with Crippen LogP contribution in [-0.4, -0.2) is 33.9 Å². The molecule has 0 aromatic heterocycles. The predicted octanol–water partition coefficient (Wildman–Crippen LogP) is 8.18.